The summed E-state index contributed by atoms with van der Waals surface area (Å²) in [4.78, 5) is 7.22. The van der Waals surface area contributed by atoms with Crippen molar-refractivity contribution in [3.8, 4) is 0 Å². The Morgan fingerprint density at radius 3 is 2.65 bits per heavy atom. The number of benzene rings is 1. The maximum Gasteiger partial charge on any atom is 0.110 e. The van der Waals surface area contributed by atoms with Gasteiger partial charge in [0.2, 0.25) is 0 Å². The summed E-state index contributed by atoms with van der Waals surface area (Å²) in [6, 6.07) is 10.3. The predicted molar refractivity (Wildman–Crippen MR) is 87.0 cm³/mol. The number of nitrogens with two attached hydrogens (primary N) is 1. The first-order chi connectivity index (χ1) is 9.66. The molecular formula is C15H20N4S. The normalized spacial score (nSPS) is 10.4. The molecule has 0 bridgehead atoms. The van der Waals surface area contributed by atoms with Crippen LogP contribution in [0.15, 0.2) is 42.7 Å². The summed E-state index contributed by atoms with van der Waals surface area (Å²) in [5, 5.41) is 0. The van der Waals surface area contributed by atoms with Gasteiger partial charge in [-0.15, -0.1) is 0 Å². The fourth-order valence-corrected chi connectivity index (χ4v) is 2.22. The highest BCUT2D eigenvalue weighted by atomic mass is 32.1. The van der Waals surface area contributed by atoms with E-state index < -0.39 is 0 Å². The number of para-hydroxylation sites is 1. The Morgan fingerprint density at radius 1 is 1.30 bits per heavy atom. The lowest BCUT2D eigenvalue weighted by molar-refractivity contribution is 0.726. The number of rotatable bonds is 7. The van der Waals surface area contributed by atoms with Gasteiger partial charge in [0, 0.05) is 51.1 Å². The number of imidazole rings is 1. The summed E-state index contributed by atoms with van der Waals surface area (Å²) in [6.45, 7) is 1.74. The highest BCUT2D eigenvalue weighted by Crippen LogP contribution is 2.14. The molecule has 0 aliphatic rings. The van der Waals surface area contributed by atoms with Gasteiger partial charge in [-0.1, -0.05) is 30.4 Å². The maximum atomic E-state index is 5.62. The molecule has 106 valence electrons. The second-order valence-corrected chi connectivity index (χ2v) is 5.27. The Hall–Kier alpha value is -1.88. The second kappa shape index (κ2) is 7.05. The molecule has 0 fully saturated rings. The zero-order valence-corrected chi connectivity index (χ0v) is 12.5. The monoisotopic (exact) mass is 288 g/mol. The molecule has 2 aromatic rings. The number of nitrogens with zero attached hydrogens (tertiary/aromatic N) is 3. The average Bonchev–Trinajstić information content (AvgIpc) is 2.85. The van der Waals surface area contributed by atoms with E-state index >= 15 is 0 Å². The fraction of sp³-hybridized carbons (Fsp3) is 0.333. The molecule has 2 rings (SSSR count). The molecule has 0 saturated carbocycles. The van der Waals surface area contributed by atoms with Crippen LogP contribution in [0, 0.1) is 0 Å². The van der Waals surface area contributed by atoms with E-state index in [2.05, 4.69) is 26.6 Å². The van der Waals surface area contributed by atoms with Gasteiger partial charge < -0.3 is 15.2 Å². The van der Waals surface area contributed by atoms with Crippen LogP contribution in [0.5, 0.6) is 0 Å². The molecule has 1 aromatic carbocycles. The highest BCUT2D eigenvalue weighted by molar-refractivity contribution is 7.80. The average molecular weight is 288 g/mol. The lowest BCUT2D eigenvalue weighted by Crippen LogP contribution is -2.30. The minimum Gasteiger partial charge on any atom is -0.393 e. The summed E-state index contributed by atoms with van der Waals surface area (Å²) in [7, 11) is 2.02. The molecular weight excluding hydrogens is 268 g/mol. The molecule has 0 saturated heterocycles. The smallest absolute Gasteiger partial charge is 0.110 e. The molecule has 1 aromatic heterocycles. The highest BCUT2D eigenvalue weighted by Gasteiger charge is 2.08. The van der Waals surface area contributed by atoms with E-state index in [4.69, 9.17) is 18.0 Å². The zero-order valence-electron chi connectivity index (χ0n) is 11.7. The van der Waals surface area contributed by atoms with Gasteiger partial charge in [0.05, 0.1) is 4.99 Å². The SMILES string of the molecule is Cn1ccnc1CCN(CCC(N)=S)c1ccccc1. The van der Waals surface area contributed by atoms with Crippen LogP contribution in [-0.2, 0) is 13.5 Å². The van der Waals surface area contributed by atoms with Crippen LogP contribution in [0.2, 0.25) is 0 Å². The van der Waals surface area contributed by atoms with Crippen molar-refractivity contribution in [2.45, 2.75) is 12.8 Å². The Labute approximate surface area is 125 Å². The Morgan fingerprint density at radius 2 is 2.05 bits per heavy atom. The molecule has 0 unspecified atom stereocenters. The van der Waals surface area contributed by atoms with Gasteiger partial charge in [0.15, 0.2) is 0 Å². The van der Waals surface area contributed by atoms with Crippen molar-refractivity contribution in [3.63, 3.8) is 0 Å². The quantitative estimate of drug-likeness (QED) is 0.793. The first-order valence-corrected chi connectivity index (χ1v) is 7.12. The molecule has 4 nitrogen and oxygen atoms in total. The molecule has 0 spiro atoms. The number of hydrogen-bond donors (Lipinski definition) is 1. The van der Waals surface area contributed by atoms with Gasteiger partial charge in [0.25, 0.3) is 0 Å². The van der Waals surface area contributed by atoms with Crippen LogP contribution in [-0.4, -0.2) is 27.6 Å². The molecule has 0 amide bonds. The van der Waals surface area contributed by atoms with Crippen molar-refractivity contribution >= 4 is 22.9 Å². The van der Waals surface area contributed by atoms with Gasteiger partial charge >= 0.3 is 0 Å². The van der Waals surface area contributed by atoms with Crippen molar-refractivity contribution in [2.24, 2.45) is 12.8 Å². The number of aromatic nitrogens is 2. The summed E-state index contributed by atoms with van der Waals surface area (Å²) in [5.41, 5.74) is 6.81. The first kappa shape index (κ1) is 14.5. The van der Waals surface area contributed by atoms with E-state index in [1.165, 1.54) is 5.69 Å². The van der Waals surface area contributed by atoms with Crippen LogP contribution in [0.1, 0.15) is 12.2 Å². The van der Waals surface area contributed by atoms with E-state index in [0.29, 0.717) is 4.99 Å². The molecule has 0 atom stereocenters. The van der Waals surface area contributed by atoms with Crippen molar-refractivity contribution in [1.82, 2.24) is 9.55 Å². The van der Waals surface area contributed by atoms with Gasteiger partial charge in [0.1, 0.15) is 5.82 Å². The van der Waals surface area contributed by atoms with Crippen molar-refractivity contribution in [3.05, 3.63) is 48.5 Å². The largest absolute Gasteiger partial charge is 0.393 e. The fourth-order valence-electron chi connectivity index (χ4n) is 2.13. The number of anilines is 1. The second-order valence-electron chi connectivity index (χ2n) is 4.74. The third-order valence-corrected chi connectivity index (χ3v) is 3.48. The van der Waals surface area contributed by atoms with Gasteiger partial charge in [-0.25, -0.2) is 4.98 Å². The van der Waals surface area contributed by atoms with E-state index in [1.807, 2.05) is 37.6 Å². The molecule has 0 aliphatic carbocycles. The lowest BCUT2D eigenvalue weighted by atomic mass is 10.2. The molecule has 0 aliphatic heterocycles. The van der Waals surface area contributed by atoms with Crippen LogP contribution in [0.3, 0.4) is 0 Å². The molecule has 20 heavy (non-hydrogen) atoms. The standard InChI is InChI=1S/C15H20N4S/c1-18-12-9-17-15(18)8-11-19(10-7-14(16)20)13-5-3-2-4-6-13/h2-6,9,12H,7-8,10-11H2,1H3,(H2,16,20). The summed E-state index contributed by atoms with van der Waals surface area (Å²) in [5.74, 6) is 1.08. The minimum absolute atomic E-state index is 0.558. The molecule has 1 heterocycles. The van der Waals surface area contributed by atoms with Gasteiger partial charge in [-0.2, -0.15) is 0 Å². The van der Waals surface area contributed by atoms with E-state index in [0.717, 1.165) is 31.8 Å². The van der Waals surface area contributed by atoms with Crippen LogP contribution < -0.4 is 10.6 Å². The van der Waals surface area contributed by atoms with Crippen molar-refractivity contribution in [2.75, 3.05) is 18.0 Å². The zero-order chi connectivity index (χ0) is 14.4. The Kier molecular flexibility index (Phi) is 5.12. The van der Waals surface area contributed by atoms with Crippen molar-refractivity contribution < 1.29 is 0 Å². The van der Waals surface area contributed by atoms with Gasteiger partial charge in [-0.05, 0) is 12.1 Å². The number of thiocarbonyl (C=S) groups is 1. The third kappa shape index (κ3) is 4.06. The van der Waals surface area contributed by atoms with Gasteiger partial charge in [-0.3, -0.25) is 0 Å². The topological polar surface area (TPSA) is 47.1 Å². The maximum absolute atomic E-state index is 5.62. The number of aryl methyl sites for hydroxylation is 1. The summed E-state index contributed by atoms with van der Waals surface area (Å²) in [6.07, 6.45) is 5.43. The predicted octanol–water partition coefficient (Wildman–Crippen LogP) is 2.15. The van der Waals surface area contributed by atoms with E-state index in [-0.39, 0.29) is 0 Å². The lowest BCUT2D eigenvalue weighted by Gasteiger charge is -2.24. The van der Waals surface area contributed by atoms with Crippen LogP contribution >= 0.6 is 12.2 Å². The minimum atomic E-state index is 0.558. The van der Waals surface area contributed by atoms with Crippen LogP contribution in [0.4, 0.5) is 5.69 Å². The number of hydrogen-bond acceptors (Lipinski definition) is 3. The Balaban J connectivity index is 2.03. The summed E-state index contributed by atoms with van der Waals surface area (Å²) < 4.78 is 2.05. The van der Waals surface area contributed by atoms with Crippen molar-refractivity contribution in [1.29, 1.82) is 0 Å². The third-order valence-electron chi connectivity index (χ3n) is 3.28. The molecule has 0 radical (unpaired) electrons. The van der Waals surface area contributed by atoms with E-state index in [9.17, 15) is 0 Å². The first-order valence-electron chi connectivity index (χ1n) is 6.71. The van der Waals surface area contributed by atoms with E-state index in [1.54, 1.807) is 0 Å². The molecule has 2 N–H and O–H groups in total. The molecule has 5 heteroatoms. The summed E-state index contributed by atoms with van der Waals surface area (Å²) >= 11 is 4.98. The Bertz CT molecular complexity index is 550. The van der Waals surface area contributed by atoms with Crippen LogP contribution in [0.25, 0.3) is 0 Å².